The van der Waals surface area contributed by atoms with Gasteiger partial charge in [-0.3, -0.25) is 4.79 Å². The van der Waals surface area contributed by atoms with Crippen LogP contribution in [0.5, 0.6) is 0 Å². The maximum Gasteiger partial charge on any atom is 0.323 e. The number of nitrogens with one attached hydrogen (secondary N) is 1. The molecule has 0 spiro atoms. The summed E-state index contributed by atoms with van der Waals surface area (Å²) in [4.78, 5) is 11.6. The number of β-amino-alcohol motifs (C(OH)–C–C–N with tert-alkyl or cyclic N) is 1. The van der Waals surface area contributed by atoms with E-state index in [1.165, 1.54) is 0 Å². The van der Waals surface area contributed by atoms with Crippen LogP contribution in [0.2, 0.25) is 0 Å². The molecule has 0 bridgehead atoms. The summed E-state index contributed by atoms with van der Waals surface area (Å²) in [5.41, 5.74) is 0.967. The van der Waals surface area contributed by atoms with E-state index in [4.69, 9.17) is 4.74 Å². The summed E-state index contributed by atoms with van der Waals surface area (Å²) in [5, 5.41) is 12.2. The highest BCUT2D eigenvalue weighted by Gasteiger charge is 2.29. The van der Waals surface area contributed by atoms with Crippen LogP contribution in [-0.2, 0) is 16.1 Å². The summed E-state index contributed by atoms with van der Waals surface area (Å²) < 4.78 is 5.15. The van der Waals surface area contributed by atoms with Gasteiger partial charge < -0.3 is 15.2 Å². The first-order valence-electron chi connectivity index (χ1n) is 5.38. The van der Waals surface area contributed by atoms with Crippen molar-refractivity contribution in [2.45, 2.75) is 25.2 Å². The average Bonchev–Trinajstić information content (AvgIpc) is 2.74. The first kappa shape index (κ1) is 14.0. The molecule has 2 atom stereocenters. The molecule has 94 valence electrons. The maximum absolute atomic E-state index is 11.6. The van der Waals surface area contributed by atoms with Gasteiger partial charge in [0, 0.05) is 13.0 Å². The number of ether oxygens (including phenoxy) is 1. The number of benzene rings is 1. The van der Waals surface area contributed by atoms with E-state index in [9.17, 15) is 9.90 Å². The average molecular weight is 258 g/mol. The molecule has 0 unspecified atom stereocenters. The maximum atomic E-state index is 11.6. The Morgan fingerprint density at radius 1 is 1.41 bits per heavy atom. The minimum atomic E-state index is -0.436. The van der Waals surface area contributed by atoms with Crippen LogP contribution in [0.3, 0.4) is 0 Å². The molecule has 5 heteroatoms. The van der Waals surface area contributed by atoms with Gasteiger partial charge in [-0.15, -0.1) is 12.4 Å². The van der Waals surface area contributed by atoms with Crippen molar-refractivity contribution in [3.05, 3.63) is 35.9 Å². The van der Waals surface area contributed by atoms with Crippen LogP contribution < -0.4 is 5.32 Å². The van der Waals surface area contributed by atoms with Gasteiger partial charge in [0.25, 0.3) is 0 Å². The Labute approximate surface area is 106 Å². The van der Waals surface area contributed by atoms with E-state index < -0.39 is 6.10 Å². The van der Waals surface area contributed by atoms with Crippen molar-refractivity contribution in [2.75, 3.05) is 6.54 Å². The molecular formula is C12H16ClNO3. The molecule has 0 radical (unpaired) electrons. The summed E-state index contributed by atoms with van der Waals surface area (Å²) in [6.45, 7) is 0.749. The van der Waals surface area contributed by atoms with Crippen LogP contribution in [0.25, 0.3) is 0 Å². The van der Waals surface area contributed by atoms with Crippen molar-refractivity contribution in [3.63, 3.8) is 0 Å². The Hall–Kier alpha value is -1.10. The van der Waals surface area contributed by atoms with Crippen molar-refractivity contribution in [1.82, 2.24) is 5.32 Å². The molecule has 0 saturated carbocycles. The lowest BCUT2D eigenvalue weighted by atomic mass is 10.2. The van der Waals surface area contributed by atoms with Crippen LogP contribution >= 0.6 is 12.4 Å². The van der Waals surface area contributed by atoms with E-state index in [0.717, 1.165) is 5.56 Å². The second-order valence-electron chi connectivity index (χ2n) is 3.94. The van der Waals surface area contributed by atoms with Gasteiger partial charge in [0.1, 0.15) is 12.6 Å². The van der Waals surface area contributed by atoms with Crippen LogP contribution in [0, 0.1) is 0 Å². The molecule has 4 nitrogen and oxygen atoms in total. The van der Waals surface area contributed by atoms with Gasteiger partial charge in [-0.1, -0.05) is 30.3 Å². The van der Waals surface area contributed by atoms with Crippen LogP contribution in [0.15, 0.2) is 30.3 Å². The molecular weight excluding hydrogens is 242 g/mol. The largest absolute Gasteiger partial charge is 0.460 e. The zero-order valence-corrected chi connectivity index (χ0v) is 10.2. The van der Waals surface area contributed by atoms with E-state index in [1.807, 2.05) is 30.3 Å². The third-order valence-electron chi connectivity index (χ3n) is 2.62. The molecule has 1 aliphatic heterocycles. The second-order valence-corrected chi connectivity index (χ2v) is 3.94. The zero-order chi connectivity index (χ0) is 11.4. The standard InChI is InChI=1S/C12H15NO3.ClH/c14-10-6-11(13-7-10)12(15)16-8-9-4-2-1-3-5-9;/h1-5,10-11,13-14H,6-8H2;1H/t10-,11-;/m1./s1. The lowest BCUT2D eigenvalue weighted by molar-refractivity contribution is -0.147. The Kier molecular flexibility index (Phi) is 5.41. The third kappa shape index (κ3) is 4.00. The zero-order valence-electron chi connectivity index (χ0n) is 9.33. The Morgan fingerprint density at radius 3 is 2.71 bits per heavy atom. The van der Waals surface area contributed by atoms with Gasteiger partial charge in [0.05, 0.1) is 6.10 Å². The van der Waals surface area contributed by atoms with Crippen molar-refractivity contribution in [3.8, 4) is 0 Å². The Morgan fingerprint density at radius 2 is 2.12 bits per heavy atom. The number of carbonyl (C=O) groups is 1. The van der Waals surface area contributed by atoms with Crippen molar-refractivity contribution < 1.29 is 14.6 Å². The van der Waals surface area contributed by atoms with Crippen LogP contribution in [0.4, 0.5) is 0 Å². The third-order valence-corrected chi connectivity index (χ3v) is 2.62. The Bertz CT molecular complexity index is 358. The molecule has 1 aromatic carbocycles. The number of hydrogen-bond acceptors (Lipinski definition) is 4. The normalized spacial score (nSPS) is 22.9. The number of aliphatic hydroxyl groups is 1. The number of esters is 1. The first-order valence-corrected chi connectivity index (χ1v) is 5.38. The SMILES string of the molecule is Cl.O=C(OCc1ccccc1)[C@H]1C[C@@H](O)CN1. The summed E-state index contributed by atoms with van der Waals surface area (Å²) in [6, 6.07) is 9.18. The van der Waals surface area contributed by atoms with Gasteiger partial charge in [-0.2, -0.15) is 0 Å². The lowest BCUT2D eigenvalue weighted by Crippen LogP contribution is -2.32. The summed E-state index contributed by atoms with van der Waals surface area (Å²) in [7, 11) is 0. The Balaban J connectivity index is 0.00000144. The first-order chi connectivity index (χ1) is 7.75. The predicted octanol–water partition coefficient (Wildman–Crippen LogP) is 0.874. The number of halogens is 1. The molecule has 1 fully saturated rings. The topological polar surface area (TPSA) is 58.6 Å². The highest BCUT2D eigenvalue weighted by molar-refractivity contribution is 5.85. The smallest absolute Gasteiger partial charge is 0.323 e. The summed E-state index contributed by atoms with van der Waals surface area (Å²) in [6.07, 6.45) is 0.00226. The van der Waals surface area contributed by atoms with Gasteiger partial charge in [-0.25, -0.2) is 0 Å². The van der Waals surface area contributed by atoms with E-state index in [1.54, 1.807) is 0 Å². The molecule has 0 amide bonds. The highest BCUT2D eigenvalue weighted by Crippen LogP contribution is 2.09. The van der Waals surface area contributed by atoms with Crippen molar-refractivity contribution in [1.29, 1.82) is 0 Å². The number of aliphatic hydroxyl groups excluding tert-OH is 1. The fraction of sp³-hybridized carbons (Fsp3) is 0.417. The fourth-order valence-electron chi connectivity index (χ4n) is 1.73. The van der Waals surface area contributed by atoms with Crippen molar-refractivity contribution >= 4 is 18.4 Å². The van der Waals surface area contributed by atoms with E-state index in [0.29, 0.717) is 13.0 Å². The molecule has 1 aromatic rings. The molecule has 2 N–H and O–H groups in total. The van der Waals surface area contributed by atoms with Crippen LogP contribution in [0.1, 0.15) is 12.0 Å². The molecule has 1 aliphatic rings. The summed E-state index contributed by atoms with van der Waals surface area (Å²) >= 11 is 0. The number of hydrogen-bond donors (Lipinski definition) is 2. The minimum absolute atomic E-state index is 0. The molecule has 1 saturated heterocycles. The quantitative estimate of drug-likeness (QED) is 0.789. The van der Waals surface area contributed by atoms with Gasteiger partial charge >= 0.3 is 5.97 Å². The van der Waals surface area contributed by atoms with Gasteiger partial charge in [-0.05, 0) is 5.56 Å². The summed E-state index contributed by atoms with van der Waals surface area (Å²) in [5.74, 6) is -0.291. The van der Waals surface area contributed by atoms with Gasteiger partial charge in [0.2, 0.25) is 0 Å². The van der Waals surface area contributed by atoms with E-state index in [2.05, 4.69) is 5.32 Å². The monoisotopic (exact) mass is 257 g/mol. The molecule has 0 aromatic heterocycles. The lowest BCUT2D eigenvalue weighted by Gasteiger charge is -2.10. The highest BCUT2D eigenvalue weighted by atomic mass is 35.5. The minimum Gasteiger partial charge on any atom is -0.460 e. The molecule has 17 heavy (non-hydrogen) atoms. The number of carbonyl (C=O) groups excluding carboxylic acids is 1. The van der Waals surface area contributed by atoms with Gasteiger partial charge in [0.15, 0.2) is 0 Å². The predicted molar refractivity (Wildman–Crippen MR) is 65.9 cm³/mol. The van der Waals surface area contributed by atoms with Crippen molar-refractivity contribution in [2.24, 2.45) is 0 Å². The van der Waals surface area contributed by atoms with E-state index in [-0.39, 0.29) is 31.0 Å². The van der Waals surface area contributed by atoms with Crippen LogP contribution in [-0.4, -0.2) is 29.8 Å². The number of rotatable bonds is 3. The second kappa shape index (κ2) is 6.59. The van der Waals surface area contributed by atoms with E-state index >= 15 is 0 Å². The molecule has 1 heterocycles. The molecule has 0 aliphatic carbocycles. The molecule has 2 rings (SSSR count). The fourth-order valence-corrected chi connectivity index (χ4v) is 1.73.